The number of ether oxygens (including phenoxy) is 1. The highest BCUT2D eigenvalue weighted by Crippen LogP contribution is 2.36. The van der Waals surface area contributed by atoms with Crippen molar-refractivity contribution in [3.63, 3.8) is 0 Å². The molecule has 0 aliphatic rings. The maximum absolute atomic E-state index is 11.3. The highest BCUT2D eigenvalue weighted by molar-refractivity contribution is 6.74. The van der Waals surface area contributed by atoms with Crippen molar-refractivity contribution in [2.75, 3.05) is 26.3 Å². The number of alkyl halides is 1. The Bertz CT molecular complexity index is 254. The van der Waals surface area contributed by atoms with Crippen molar-refractivity contribution >= 4 is 26.0 Å². The normalized spacial score (nSPS) is 12.4. The van der Waals surface area contributed by atoms with E-state index in [1.165, 1.54) is 4.90 Å². The lowest BCUT2D eigenvalue weighted by atomic mass is 10.2. The van der Waals surface area contributed by atoms with Crippen LogP contribution >= 0.6 is 11.6 Å². The predicted molar refractivity (Wildman–Crippen MR) is 73.0 cm³/mol. The molecule has 0 aromatic heterocycles. The SMILES string of the molecule is CN(CCl)C(=O)OCCO[Si](C)(C)C(C)(C)C. The molecule has 0 aromatic rings. The van der Waals surface area contributed by atoms with Crippen LogP contribution in [0.25, 0.3) is 0 Å². The number of hydrogen-bond donors (Lipinski definition) is 0. The highest BCUT2D eigenvalue weighted by Gasteiger charge is 2.36. The number of rotatable bonds is 5. The first-order chi connectivity index (χ1) is 7.62. The molecule has 0 rings (SSSR count). The monoisotopic (exact) mass is 281 g/mol. The summed E-state index contributed by atoms with van der Waals surface area (Å²) in [6.45, 7) is 11.6. The van der Waals surface area contributed by atoms with Crippen LogP contribution in [0.2, 0.25) is 18.1 Å². The fraction of sp³-hybridized carbons (Fsp3) is 0.909. The molecule has 0 aliphatic heterocycles. The molecule has 1 amide bonds. The molecule has 0 saturated heterocycles. The van der Waals surface area contributed by atoms with Gasteiger partial charge >= 0.3 is 6.09 Å². The van der Waals surface area contributed by atoms with E-state index < -0.39 is 14.4 Å². The fourth-order valence-electron chi connectivity index (χ4n) is 0.801. The standard InChI is InChI=1S/C11H24ClNO3Si/c1-11(2,3)17(5,6)16-8-7-15-10(14)13(4)9-12/h7-9H2,1-6H3. The minimum atomic E-state index is -1.74. The summed E-state index contributed by atoms with van der Waals surface area (Å²) in [6.07, 6.45) is -0.418. The second kappa shape index (κ2) is 6.61. The van der Waals surface area contributed by atoms with Crippen molar-refractivity contribution in [2.24, 2.45) is 0 Å². The van der Waals surface area contributed by atoms with Crippen molar-refractivity contribution in [2.45, 2.75) is 38.9 Å². The predicted octanol–water partition coefficient (Wildman–Crippen LogP) is 3.27. The minimum Gasteiger partial charge on any atom is -0.447 e. The molecule has 0 radical (unpaired) electrons. The Morgan fingerprint density at radius 3 is 2.24 bits per heavy atom. The molecular weight excluding hydrogens is 258 g/mol. The zero-order valence-corrected chi connectivity index (χ0v) is 13.4. The second-order valence-electron chi connectivity index (χ2n) is 5.54. The van der Waals surface area contributed by atoms with Crippen LogP contribution in [0.3, 0.4) is 0 Å². The Morgan fingerprint density at radius 1 is 1.29 bits per heavy atom. The van der Waals surface area contributed by atoms with E-state index in [0.29, 0.717) is 6.61 Å². The first-order valence-corrected chi connectivity index (χ1v) is 9.14. The molecule has 4 nitrogen and oxygen atoms in total. The van der Waals surface area contributed by atoms with Crippen LogP contribution in [0.1, 0.15) is 20.8 Å². The van der Waals surface area contributed by atoms with Crippen LogP contribution < -0.4 is 0 Å². The molecular formula is C11H24ClNO3Si. The number of hydrogen-bond acceptors (Lipinski definition) is 3. The molecule has 0 atom stereocenters. The van der Waals surface area contributed by atoms with Crippen molar-refractivity contribution in [1.82, 2.24) is 4.90 Å². The van der Waals surface area contributed by atoms with E-state index in [4.69, 9.17) is 20.8 Å². The molecule has 17 heavy (non-hydrogen) atoms. The van der Waals surface area contributed by atoms with Gasteiger partial charge in [0.15, 0.2) is 8.32 Å². The van der Waals surface area contributed by atoms with Crippen molar-refractivity contribution in [3.8, 4) is 0 Å². The Kier molecular flexibility index (Phi) is 6.51. The van der Waals surface area contributed by atoms with Gasteiger partial charge in [-0.3, -0.25) is 4.90 Å². The van der Waals surface area contributed by atoms with E-state index in [1.807, 2.05) is 0 Å². The maximum atomic E-state index is 11.3. The van der Waals surface area contributed by atoms with Gasteiger partial charge < -0.3 is 9.16 Å². The smallest absolute Gasteiger partial charge is 0.410 e. The van der Waals surface area contributed by atoms with Gasteiger partial charge in [0.1, 0.15) is 6.61 Å². The summed E-state index contributed by atoms with van der Waals surface area (Å²) in [7, 11) is -0.156. The lowest BCUT2D eigenvalue weighted by Gasteiger charge is -2.36. The van der Waals surface area contributed by atoms with Gasteiger partial charge in [-0.25, -0.2) is 4.79 Å². The molecule has 0 N–H and O–H groups in total. The number of carbonyl (C=O) groups excluding carboxylic acids is 1. The van der Waals surface area contributed by atoms with Crippen molar-refractivity contribution in [3.05, 3.63) is 0 Å². The largest absolute Gasteiger partial charge is 0.447 e. The Morgan fingerprint density at radius 2 is 1.82 bits per heavy atom. The lowest BCUT2D eigenvalue weighted by Crippen LogP contribution is -2.41. The van der Waals surface area contributed by atoms with Gasteiger partial charge in [-0.1, -0.05) is 20.8 Å². The molecule has 0 bridgehead atoms. The van der Waals surface area contributed by atoms with Gasteiger partial charge in [-0.15, -0.1) is 11.6 Å². The van der Waals surface area contributed by atoms with Crippen molar-refractivity contribution < 1.29 is 14.0 Å². The summed E-state index contributed by atoms with van der Waals surface area (Å²) in [5.41, 5.74) is 0. The van der Waals surface area contributed by atoms with Crippen LogP contribution in [-0.4, -0.2) is 45.6 Å². The van der Waals surface area contributed by atoms with E-state index in [1.54, 1.807) is 7.05 Å². The zero-order chi connectivity index (χ0) is 13.7. The summed E-state index contributed by atoms with van der Waals surface area (Å²) in [4.78, 5) is 12.6. The Hall–Kier alpha value is -0.263. The van der Waals surface area contributed by atoms with Crippen LogP contribution in [0.4, 0.5) is 4.79 Å². The van der Waals surface area contributed by atoms with Crippen molar-refractivity contribution in [1.29, 1.82) is 0 Å². The topological polar surface area (TPSA) is 38.8 Å². The summed E-state index contributed by atoms with van der Waals surface area (Å²) >= 11 is 5.49. The van der Waals surface area contributed by atoms with Gasteiger partial charge in [0, 0.05) is 7.05 Å². The van der Waals surface area contributed by atoms with Gasteiger partial charge in [-0.2, -0.15) is 0 Å². The molecule has 0 unspecified atom stereocenters. The van der Waals surface area contributed by atoms with Crippen LogP contribution in [0.15, 0.2) is 0 Å². The molecule has 0 aliphatic carbocycles. The van der Waals surface area contributed by atoms with Crippen LogP contribution in [0.5, 0.6) is 0 Å². The molecule has 0 saturated carbocycles. The first-order valence-electron chi connectivity index (χ1n) is 5.69. The van der Waals surface area contributed by atoms with Crippen LogP contribution in [0, 0.1) is 0 Å². The quantitative estimate of drug-likeness (QED) is 0.336. The maximum Gasteiger partial charge on any atom is 0.410 e. The van der Waals surface area contributed by atoms with Gasteiger partial charge in [-0.05, 0) is 18.1 Å². The zero-order valence-electron chi connectivity index (χ0n) is 11.7. The molecule has 102 valence electrons. The lowest BCUT2D eigenvalue weighted by molar-refractivity contribution is 0.0971. The summed E-state index contributed by atoms with van der Waals surface area (Å²) in [5, 5.41) is 0.171. The van der Waals surface area contributed by atoms with Gasteiger partial charge in [0.2, 0.25) is 0 Å². The van der Waals surface area contributed by atoms with Gasteiger partial charge in [0.05, 0.1) is 12.6 Å². The third-order valence-corrected chi connectivity index (χ3v) is 7.97. The fourth-order valence-corrected chi connectivity index (χ4v) is 1.93. The number of halogens is 1. The number of nitrogens with zero attached hydrogens (tertiary/aromatic N) is 1. The molecule has 0 aromatic carbocycles. The molecule has 0 heterocycles. The average molecular weight is 282 g/mol. The average Bonchev–Trinajstić information content (AvgIpc) is 2.21. The molecule has 0 fully saturated rings. The van der Waals surface area contributed by atoms with E-state index in [-0.39, 0.29) is 17.6 Å². The number of amides is 1. The van der Waals surface area contributed by atoms with E-state index in [0.717, 1.165) is 0 Å². The summed E-state index contributed by atoms with van der Waals surface area (Å²) in [5.74, 6) is 0. The third kappa shape index (κ3) is 5.74. The third-order valence-electron chi connectivity index (χ3n) is 3.07. The Labute approximate surface area is 110 Å². The van der Waals surface area contributed by atoms with E-state index in [9.17, 15) is 4.79 Å². The molecule has 6 heteroatoms. The first kappa shape index (κ1) is 16.7. The summed E-state index contributed by atoms with van der Waals surface area (Å²) < 4.78 is 10.9. The van der Waals surface area contributed by atoms with Crippen LogP contribution in [-0.2, 0) is 9.16 Å². The highest BCUT2D eigenvalue weighted by atomic mass is 35.5. The van der Waals surface area contributed by atoms with Gasteiger partial charge in [0.25, 0.3) is 0 Å². The number of carbonyl (C=O) groups is 1. The second-order valence-corrected chi connectivity index (χ2v) is 10.6. The summed E-state index contributed by atoms with van der Waals surface area (Å²) in [6, 6.07) is 0.127. The Balaban J connectivity index is 3.90. The van der Waals surface area contributed by atoms with E-state index >= 15 is 0 Å². The molecule has 0 spiro atoms. The minimum absolute atomic E-state index is 0.127. The van der Waals surface area contributed by atoms with E-state index in [2.05, 4.69) is 33.9 Å².